The second-order valence-electron chi connectivity index (χ2n) is 7.49. The summed E-state index contributed by atoms with van der Waals surface area (Å²) in [6.45, 7) is 10.1. The van der Waals surface area contributed by atoms with Gasteiger partial charge < -0.3 is 9.64 Å². The van der Waals surface area contributed by atoms with Crippen LogP contribution in [0.5, 0.6) is 0 Å². The molecule has 1 rings (SSSR count). The predicted octanol–water partition coefficient (Wildman–Crippen LogP) is 2.69. The van der Waals surface area contributed by atoms with Crippen LogP contribution in [0.2, 0.25) is 5.02 Å². The maximum atomic E-state index is 12.4. The molecule has 1 atom stereocenters. The predicted molar refractivity (Wildman–Crippen MR) is 108 cm³/mol. The molecule has 9 heteroatoms. The Labute approximate surface area is 172 Å². The maximum Gasteiger partial charge on any atom is 0.324 e. The van der Waals surface area contributed by atoms with Crippen molar-refractivity contribution in [2.45, 2.75) is 45.6 Å². The van der Waals surface area contributed by atoms with Gasteiger partial charge in [0.1, 0.15) is 6.04 Å². The molecular weight excluding hydrogens is 404 g/mol. The Bertz CT molecular complexity index is 753. The van der Waals surface area contributed by atoms with E-state index in [1.807, 2.05) is 27.7 Å². The van der Waals surface area contributed by atoms with Gasteiger partial charge in [-0.1, -0.05) is 39.3 Å². The Morgan fingerprint density at radius 1 is 1.04 bits per heavy atom. The molecule has 0 bridgehead atoms. The first-order chi connectivity index (χ1) is 12.9. The van der Waals surface area contributed by atoms with Gasteiger partial charge in [-0.05, 0) is 43.0 Å². The number of carbonyl (C=O) groups excluding carboxylic acids is 2. The van der Waals surface area contributed by atoms with Crippen LogP contribution in [-0.2, 0) is 24.3 Å². The smallest absolute Gasteiger partial charge is 0.324 e. The zero-order valence-electron chi connectivity index (χ0n) is 16.9. The number of carbonyl (C=O) groups is 2. The summed E-state index contributed by atoms with van der Waals surface area (Å²) in [5.41, 5.74) is 0. The second kappa shape index (κ2) is 10.8. The molecule has 0 aliphatic carbocycles. The number of ether oxygens (including phenoxy) is 1. The molecule has 7 nitrogen and oxygen atoms in total. The molecule has 0 heterocycles. The number of nitrogens with zero attached hydrogens (tertiary/aromatic N) is 1. The van der Waals surface area contributed by atoms with Crippen LogP contribution in [0, 0.1) is 11.8 Å². The number of amides is 1. The van der Waals surface area contributed by atoms with Gasteiger partial charge >= 0.3 is 5.97 Å². The molecule has 0 radical (unpaired) electrons. The molecule has 0 fully saturated rings. The van der Waals surface area contributed by atoms with Crippen LogP contribution in [0.15, 0.2) is 29.2 Å². The van der Waals surface area contributed by atoms with E-state index in [2.05, 4.69) is 4.72 Å². The van der Waals surface area contributed by atoms with Gasteiger partial charge in [-0.25, -0.2) is 8.42 Å². The Morgan fingerprint density at radius 3 is 2.00 bits per heavy atom. The molecule has 0 aliphatic rings. The summed E-state index contributed by atoms with van der Waals surface area (Å²) in [5, 5.41) is 0.400. The van der Waals surface area contributed by atoms with Crippen molar-refractivity contribution in [3.63, 3.8) is 0 Å². The number of benzene rings is 1. The quantitative estimate of drug-likeness (QED) is 0.574. The summed E-state index contributed by atoms with van der Waals surface area (Å²) >= 11 is 5.75. The van der Waals surface area contributed by atoms with Crippen LogP contribution in [0.3, 0.4) is 0 Å². The average molecular weight is 433 g/mol. The molecule has 1 aromatic rings. The van der Waals surface area contributed by atoms with Crippen molar-refractivity contribution in [2.24, 2.45) is 11.8 Å². The highest BCUT2D eigenvalue weighted by Gasteiger charge is 2.25. The third kappa shape index (κ3) is 8.16. The summed E-state index contributed by atoms with van der Waals surface area (Å²) in [6, 6.07) is 4.41. The van der Waals surface area contributed by atoms with E-state index in [9.17, 15) is 18.0 Å². The minimum atomic E-state index is -3.91. The fourth-order valence-corrected chi connectivity index (χ4v) is 3.79. The third-order valence-electron chi connectivity index (χ3n) is 3.67. The van der Waals surface area contributed by atoms with Crippen LogP contribution in [0.4, 0.5) is 0 Å². The molecule has 0 saturated carbocycles. The van der Waals surface area contributed by atoms with Crippen molar-refractivity contribution >= 4 is 33.5 Å². The summed E-state index contributed by atoms with van der Waals surface area (Å²) in [4.78, 5) is 26.2. The Hall–Kier alpha value is -1.64. The lowest BCUT2D eigenvalue weighted by atomic mass is 10.1. The van der Waals surface area contributed by atoms with E-state index in [1.165, 1.54) is 31.2 Å². The Morgan fingerprint density at radius 2 is 1.54 bits per heavy atom. The van der Waals surface area contributed by atoms with Crippen molar-refractivity contribution in [2.75, 3.05) is 19.7 Å². The summed E-state index contributed by atoms with van der Waals surface area (Å²) in [5.74, 6) is -0.560. The highest BCUT2D eigenvalue weighted by Crippen LogP contribution is 2.14. The van der Waals surface area contributed by atoms with Crippen LogP contribution in [-0.4, -0.2) is 50.9 Å². The molecule has 0 unspecified atom stereocenters. The third-order valence-corrected chi connectivity index (χ3v) is 5.48. The topological polar surface area (TPSA) is 92.8 Å². The first kappa shape index (κ1) is 24.4. The molecule has 28 heavy (non-hydrogen) atoms. The standard InChI is InChI=1S/C19H29ClN2O5S/c1-13(2)10-22(11-14(3)4)18(23)12-27-19(24)15(5)21-28(25,26)17-8-6-16(20)7-9-17/h6-9,13-15,21H,10-12H2,1-5H3/t15-/m0/s1. The first-order valence-corrected chi connectivity index (χ1v) is 11.0. The minimum absolute atomic E-state index is 0.0207. The molecule has 0 spiro atoms. The van der Waals surface area contributed by atoms with Gasteiger partial charge in [0, 0.05) is 18.1 Å². The highest BCUT2D eigenvalue weighted by molar-refractivity contribution is 7.89. The summed E-state index contributed by atoms with van der Waals surface area (Å²) in [7, 11) is -3.91. The van der Waals surface area contributed by atoms with Crippen LogP contribution >= 0.6 is 11.6 Å². The molecule has 1 amide bonds. The molecule has 0 aliphatic heterocycles. The number of rotatable bonds is 10. The fraction of sp³-hybridized carbons (Fsp3) is 0.579. The van der Waals surface area contributed by atoms with E-state index in [-0.39, 0.29) is 22.6 Å². The number of hydrogen-bond acceptors (Lipinski definition) is 5. The van der Waals surface area contributed by atoms with Crippen molar-refractivity contribution in [3.8, 4) is 0 Å². The SMILES string of the molecule is CC(C)CN(CC(C)C)C(=O)COC(=O)[C@H](C)NS(=O)(=O)c1ccc(Cl)cc1. The first-order valence-electron chi connectivity index (χ1n) is 9.14. The van der Waals surface area contributed by atoms with Gasteiger partial charge in [-0.3, -0.25) is 9.59 Å². The van der Waals surface area contributed by atoms with Gasteiger partial charge in [-0.15, -0.1) is 0 Å². The van der Waals surface area contributed by atoms with Crippen LogP contribution in [0.25, 0.3) is 0 Å². The van der Waals surface area contributed by atoms with Gasteiger partial charge in [0.25, 0.3) is 5.91 Å². The van der Waals surface area contributed by atoms with E-state index < -0.39 is 28.6 Å². The monoisotopic (exact) mass is 432 g/mol. The van der Waals surface area contributed by atoms with Crippen LogP contribution < -0.4 is 4.72 Å². The zero-order valence-corrected chi connectivity index (χ0v) is 18.5. The number of esters is 1. The van der Waals surface area contributed by atoms with Gasteiger partial charge in [-0.2, -0.15) is 4.72 Å². The molecular formula is C19H29ClN2O5S. The van der Waals surface area contributed by atoms with Crippen molar-refractivity contribution in [3.05, 3.63) is 29.3 Å². The second-order valence-corrected chi connectivity index (χ2v) is 9.64. The molecule has 0 aromatic heterocycles. The molecule has 158 valence electrons. The highest BCUT2D eigenvalue weighted by atomic mass is 35.5. The van der Waals surface area contributed by atoms with Crippen LogP contribution in [0.1, 0.15) is 34.6 Å². The summed E-state index contributed by atoms with van der Waals surface area (Å²) in [6.07, 6.45) is 0. The van der Waals surface area contributed by atoms with Gasteiger partial charge in [0.15, 0.2) is 6.61 Å². The normalized spacial score (nSPS) is 12.9. The molecule has 0 saturated heterocycles. The van der Waals surface area contributed by atoms with Crippen molar-refractivity contribution in [1.29, 1.82) is 0 Å². The zero-order chi connectivity index (χ0) is 21.5. The lowest BCUT2D eigenvalue weighted by molar-refractivity contribution is -0.153. The van der Waals surface area contributed by atoms with E-state index in [0.29, 0.717) is 18.1 Å². The maximum absolute atomic E-state index is 12.4. The summed E-state index contributed by atoms with van der Waals surface area (Å²) < 4.78 is 31.9. The van der Waals surface area contributed by atoms with E-state index >= 15 is 0 Å². The number of hydrogen-bond donors (Lipinski definition) is 1. The minimum Gasteiger partial charge on any atom is -0.454 e. The van der Waals surface area contributed by atoms with Crippen molar-refractivity contribution in [1.82, 2.24) is 9.62 Å². The van der Waals surface area contributed by atoms with Crippen molar-refractivity contribution < 1.29 is 22.7 Å². The fourth-order valence-electron chi connectivity index (χ4n) is 2.47. The Kier molecular flexibility index (Phi) is 9.39. The lowest BCUT2D eigenvalue weighted by Gasteiger charge is -2.26. The van der Waals surface area contributed by atoms with E-state index in [0.717, 1.165) is 0 Å². The number of nitrogens with one attached hydrogen (secondary N) is 1. The van der Waals surface area contributed by atoms with Gasteiger partial charge in [0.05, 0.1) is 4.90 Å². The Balaban J connectivity index is 2.65. The average Bonchev–Trinajstić information content (AvgIpc) is 2.57. The largest absolute Gasteiger partial charge is 0.454 e. The van der Waals surface area contributed by atoms with E-state index in [4.69, 9.17) is 16.3 Å². The van der Waals surface area contributed by atoms with Gasteiger partial charge in [0.2, 0.25) is 10.0 Å². The number of halogens is 1. The molecule has 1 N–H and O–H groups in total. The molecule has 1 aromatic carbocycles. The number of sulfonamides is 1. The van der Waals surface area contributed by atoms with E-state index in [1.54, 1.807) is 4.90 Å². The lowest BCUT2D eigenvalue weighted by Crippen LogP contribution is -2.43.